The maximum Gasteiger partial charge on any atom is 0.245 e. The van der Waals surface area contributed by atoms with Crippen molar-refractivity contribution < 1.29 is 9.53 Å². The number of hydrogen-bond donors (Lipinski definition) is 1. The summed E-state index contributed by atoms with van der Waals surface area (Å²) in [7, 11) is 2.04. The van der Waals surface area contributed by atoms with E-state index in [-0.39, 0.29) is 11.9 Å². The molecule has 2 saturated heterocycles. The van der Waals surface area contributed by atoms with Crippen molar-refractivity contribution in [2.24, 2.45) is 7.05 Å². The molecule has 2 fully saturated rings. The maximum atomic E-state index is 12.8. The first-order valence-electron chi connectivity index (χ1n) is 8.43. The van der Waals surface area contributed by atoms with E-state index in [9.17, 15) is 4.79 Å². The van der Waals surface area contributed by atoms with Crippen molar-refractivity contribution in [1.29, 1.82) is 0 Å². The van der Waals surface area contributed by atoms with Crippen LogP contribution in [0.3, 0.4) is 0 Å². The molecule has 1 unspecified atom stereocenters. The zero-order valence-corrected chi connectivity index (χ0v) is 13.5. The number of nitrogens with one attached hydrogen (secondary N) is 1. The maximum absolute atomic E-state index is 12.8. The second-order valence-corrected chi connectivity index (χ2v) is 6.53. The number of ether oxygens (including phenoxy) is 1. The largest absolute Gasteiger partial charge is 0.381 e. The van der Waals surface area contributed by atoms with Crippen molar-refractivity contribution in [3.8, 4) is 0 Å². The first kappa shape index (κ1) is 14.6. The summed E-state index contributed by atoms with van der Waals surface area (Å²) in [5.41, 5.74) is 2.20. The molecule has 1 aromatic heterocycles. The molecule has 4 rings (SSSR count). The molecule has 0 aliphatic carbocycles. The van der Waals surface area contributed by atoms with Gasteiger partial charge in [-0.1, -0.05) is 12.1 Å². The second-order valence-electron chi connectivity index (χ2n) is 6.53. The Morgan fingerprint density at radius 2 is 2.00 bits per heavy atom. The number of likely N-dealkylation sites (tertiary alicyclic amines) is 1. The summed E-state index contributed by atoms with van der Waals surface area (Å²) in [5.74, 6) is 0.239. The fourth-order valence-corrected chi connectivity index (χ4v) is 3.86. The van der Waals surface area contributed by atoms with Gasteiger partial charge in [-0.3, -0.25) is 4.79 Å². The van der Waals surface area contributed by atoms with Crippen LogP contribution in [0.2, 0.25) is 0 Å². The Hall–Kier alpha value is -2.01. The highest BCUT2D eigenvalue weighted by Gasteiger charge is 2.36. The van der Waals surface area contributed by atoms with Gasteiger partial charge in [0.25, 0.3) is 0 Å². The number of anilines is 1. The molecule has 2 aliphatic heterocycles. The van der Waals surface area contributed by atoms with Gasteiger partial charge in [-0.15, -0.1) is 0 Å². The molecule has 23 heavy (non-hydrogen) atoms. The number of nitrogens with zero attached hydrogens (tertiary/aromatic N) is 2. The minimum absolute atomic E-state index is 0.113. The Bertz CT molecular complexity index is 718. The summed E-state index contributed by atoms with van der Waals surface area (Å²) in [6.45, 7) is 2.40. The van der Waals surface area contributed by atoms with Crippen LogP contribution in [-0.2, 0) is 16.6 Å². The third kappa shape index (κ3) is 2.59. The SMILES string of the molecule is Cn1ccc2cccc(NC3CCN(C4CCOCC4)C3=O)c21. The number of para-hydroxylation sites is 1. The second kappa shape index (κ2) is 5.89. The number of carbonyl (C=O) groups excluding carboxylic acids is 1. The van der Waals surface area contributed by atoms with E-state index in [0.29, 0.717) is 6.04 Å². The molecular weight excluding hydrogens is 290 g/mol. The van der Waals surface area contributed by atoms with Gasteiger partial charge in [0.2, 0.25) is 5.91 Å². The van der Waals surface area contributed by atoms with E-state index in [0.717, 1.165) is 50.2 Å². The van der Waals surface area contributed by atoms with Crippen LogP contribution < -0.4 is 5.32 Å². The Labute approximate surface area is 136 Å². The number of hydrogen-bond acceptors (Lipinski definition) is 3. The Morgan fingerprint density at radius 3 is 2.83 bits per heavy atom. The van der Waals surface area contributed by atoms with E-state index < -0.39 is 0 Å². The molecule has 2 aromatic rings. The van der Waals surface area contributed by atoms with Crippen LogP contribution in [0.1, 0.15) is 19.3 Å². The lowest BCUT2D eigenvalue weighted by Gasteiger charge is -2.31. The number of aromatic nitrogens is 1. The number of benzene rings is 1. The first-order valence-corrected chi connectivity index (χ1v) is 8.43. The summed E-state index contributed by atoms with van der Waals surface area (Å²) >= 11 is 0. The molecule has 1 N–H and O–H groups in total. The number of amides is 1. The molecule has 3 heterocycles. The fourth-order valence-electron chi connectivity index (χ4n) is 3.86. The van der Waals surface area contributed by atoms with Crippen LogP contribution in [0.4, 0.5) is 5.69 Å². The van der Waals surface area contributed by atoms with Crippen LogP contribution >= 0.6 is 0 Å². The van der Waals surface area contributed by atoms with Gasteiger partial charge in [-0.25, -0.2) is 0 Å². The molecule has 5 nitrogen and oxygen atoms in total. The Morgan fingerprint density at radius 1 is 1.17 bits per heavy atom. The van der Waals surface area contributed by atoms with Gasteiger partial charge in [-0.2, -0.15) is 0 Å². The van der Waals surface area contributed by atoms with E-state index in [1.807, 2.05) is 13.1 Å². The van der Waals surface area contributed by atoms with Gasteiger partial charge in [0.05, 0.1) is 11.2 Å². The van der Waals surface area contributed by atoms with Crippen molar-refractivity contribution in [2.45, 2.75) is 31.3 Å². The molecule has 0 spiro atoms. The Kier molecular flexibility index (Phi) is 3.73. The standard InChI is InChI=1S/C18H23N3O2/c1-20-9-5-13-3-2-4-15(17(13)20)19-16-6-10-21(18(16)22)14-7-11-23-12-8-14/h2-5,9,14,16,19H,6-8,10-12H2,1H3. The number of fused-ring (bicyclic) bond motifs is 1. The van der Waals surface area contributed by atoms with Gasteiger partial charge in [-0.05, 0) is 31.4 Å². The molecule has 5 heteroatoms. The quantitative estimate of drug-likeness (QED) is 0.946. The molecule has 1 aromatic carbocycles. The average Bonchev–Trinajstić information content (AvgIpc) is 3.13. The molecule has 2 aliphatic rings. The van der Waals surface area contributed by atoms with Gasteiger partial charge in [0.1, 0.15) is 6.04 Å². The highest BCUT2D eigenvalue weighted by Crippen LogP contribution is 2.28. The van der Waals surface area contributed by atoms with E-state index in [2.05, 4.69) is 39.2 Å². The zero-order valence-electron chi connectivity index (χ0n) is 13.5. The predicted octanol–water partition coefficient (Wildman–Crippen LogP) is 2.37. The molecule has 122 valence electrons. The molecule has 1 amide bonds. The van der Waals surface area contributed by atoms with E-state index in [1.165, 1.54) is 5.39 Å². The smallest absolute Gasteiger partial charge is 0.245 e. The van der Waals surface area contributed by atoms with Gasteiger partial charge in [0.15, 0.2) is 0 Å². The topological polar surface area (TPSA) is 46.5 Å². The van der Waals surface area contributed by atoms with Crippen molar-refractivity contribution in [1.82, 2.24) is 9.47 Å². The van der Waals surface area contributed by atoms with Crippen LogP contribution in [0.25, 0.3) is 10.9 Å². The van der Waals surface area contributed by atoms with Crippen LogP contribution in [0, 0.1) is 0 Å². The zero-order chi connectivity index (χ0) is 15.8. The molecule has 1 atom stereocenters. The number of carbonyl (C=O) groups is 1. The lowest BCUT2D eigenvalue weighted by atomic mass is 10.1. The van der Waals surface area contributed by atoms with Crippen LogP contribution in [0.5, 0.6) is 0 Å². The summed E-state index contributed by atoms with van der Waals surface area (Å²) in [5, 5.41) is 4.68. The van der Waals surface area contributed by atoms with Crippen molar-refractivity contribution in [3.05, 3.63) is 30.5 Å². The summed E-state index contributed by atoms with van der Waals surface area (Å²) in [4.78, 5) is 14.8. The summed E-state index contributed by atoms with van der Waals surface area (Å²) in [6.07, 6.45) is 4.86. The van der Waals surface area contributed by atoms with Crippen molar-refractivity contribution in [2.75, 3.05) is 25.1 Å². The Balaban J connectivity index is 1.53. The monoisotopic (exact) mass is 313 g/mol. The third-order valence-corrected chi connectivity index (χ3v) is 5.10. The van der Waals surface area contributed by atoms with E-state index in [1.54, 1.807) is 0 Å². The van der Waals surface area contributed by atoms with Gasteiger partial charge in [0, 0.05) is 44.4 Å². The highest BCUT2D eigenvalue weighted by atomic mass is 16.5. The molecule has 0 bridgehead atoms. The minimum atomic E-state index is -0.113. The average molecular weight is 313 g/mol. The van der Waals surface area contributed by atoms with E-state index >= 15 is 0 Å². The van der Waals surface area contributed by atoms with Gasteiger partial charge >= 0.3 is 0 Å². The van der Waals surface area contributed by atoms with Gasteiger partial charge < -0.3 is 19.5 Å². The van der Waals surface area contributed by atoms with E-state index in [4.69, 9.17) is 4.74 Å². The predicted molar refractivity (Wildman–Crippen MR) is 90.5 cm³/mol. The van der Waals surface area contributed by atoms with Crippen LogP contribution in [0.15, 0.2) is 30.5 Å². The molecule has 0 radical (unpaired) electrons. The number of rotatable bonds is 3. The first-order chi connectivity index (χ1) is 11.2. The lowest BCUT2D eigenvalue weighted by molar-refractivity contribution is -0.131. The summed E-state index contributed by atoms with van der Waals surface area (Å²) < 4.78 is 7.52. The molecule has 0 saturated carbocycles. The highest BCUT2D eigenvalue weighted by molar-refractivity contribution is 5.94. The number of aryl methyl sites for hydroxylation is 1. The summed E-state index contributed by atoms with van der Waals surface area (Å²) in [6, 6.07) is 8.55. The minimum Gasteiger partial charge on any atom is -0.381 e. The molecular formula is C18H23N3O2. The fraction of sp³-hybridized carbons (Fsp3) is 0.500. The van der Waals surface area contributed by atoms with Crippen molar-refractivity contribution >= 4 is 22.5 Å². The van der Waals surface area contributed by atoms with Crippen molar-refractivity contribution in [3.63, 3.8) is 0 Å². The normalized spacial score (nSPS) is 22.9. The van der Waals surface area contributed by atoms with Crippen LogP contribution in [-0.4, -0.2) is 47.2 Å². The third-order valence-electron chi connectivity index (χ3n) is 5.10. The lowest BCUT2D eigenvalue weighted by Crippen LogP contribution is -2.43.